The fraction of sp³-hybridized carbons (Fsp3) is 0.500. The molecule has 0 radical (unpaired) electrons. The zero-order valence-electron chi connectivity index (χ0n) is 16.3. The molecule has 1 amide bonds. The molecule has 0 aliphatic carbocycles. The predicted octanol–water partition coefficient (Wildman–Crippen LogP) is 4.20. The molecule has 4 nitrogen and oxygen atoms in total. The molecule has 2 fully saturated rings. The van der Waals surface area contributed by atoms with Gasteiger partial charge in [-0.2, -0.15) is 0 Å². The van der Waals surface area contributed by atoms with Crippen LogP contribution in [0.4, 0.5) is 0 Å². The highest BCUT2D eigenvalue weighted by atomic mass is 35.5. The highest BCUT2D eigenvalue weighted by molar-refractivity contribution is 7.15. The van der Waals surface area contributed by atoms with Gasteiger partial charge < -0.3 is 9.80 Å². The summed E-state index contributed by atoms with van der Waals surface area (Å²) < 4.78 is 0. The summed E-state index contributed by atoms with van der Waals surface area (Å²) in [6.07, 6.45) is 2.88. The molecule has 0 unspecified atom stereocenters. The first-order valence-corrected chi connectivity index (χ1v) is 11.4. The number of thiophene rings is 1. The molecule has 0 N–H and O–H groups in total. The first-order valence-electron chi connectivity index (χ1n) is 10.2. The number of amides is 1. The van der Waals surface area contributed by atoms with Crippen LogP contribution in [0.25, 0.3) is 10.4 Å². The lowest BCUT2D eigenvalue weighted by Gasteiger charge is -2.34. The van der Waals surface area contributed by atoms with E-state index in [1.807, 2.05) is 34.4 Å². The monoisotopic (exact) mass is 417 g/mol. The number of rotatable bonds is 7. The van der Waals surface area contributed by atoms with Gasteiger partial charge in [0.25, 0.3) is 0 Å². The van der Waals surface area contributed by atoms with E-state index in [2.05, 4.69) is 28.0 Å². The highest BCUT2D eigenvalue weighted by Gasteiger charge is 2.21. The Labute approximate surface area is 176 Å². The molecule has 0 spiro atoms. The summed E-state index contributed by atoms with van der Waals surface area (Å²) in [5, 5.41) is 0.820. The van der Waals surface area contributed by atoms with E-state index in [9.17, 15) is 4.79 Å². The van der Waals surface area contributed by atoms with Gasteiger partial charge >= 0.3 is 0 Å². The Kier molecular flexibility index (Phi) is 6.68. The van der Waals surface area contributed by atoms with Gasteiger partial charge in [-0.15, -0.1) is 11.3 Å². The molecule has 1 aromatic heterocycles. The largest absolute Gasteiger partial charge is 0.343 e. The van der Waals surface area contributed by atoms with E-state index in [0.717, 1.165) is 82.2 Å². The number of carbonyl (C=O) groups is 1. The van der Waals surface area contributed by atoms with Gasteiger partial charge in [0.2, 0.25) is 5.91 Å². The van der Waals surface area contributed by atoms with Crippen molar-refractivity contribution >= 4 is 28.8 Å². The van der Waals surface area contributed by atoms with Crippen LogP contribution in [0.3, 0.4) is 0 Å². The molecule has 2 saturated heterocycles. The second kappa shape index (κ2) is 9.40. The van der Waals surface area contributed by atoms with Crippen molar-refractivity contribution in [2.45, 2.75) is 25.8 Å². The van der Waals surface area contributed by atoms with E-state index in [1.165, 1.54) is 9.75 Å². The lowest BCUT2D eigenvalue weighted by molar-refractivity contribution is -0.127. The minimum Gasteiger partial charge on any atom is -0.343 e. The molecule has 0 saturated carbocycles. The normalized spacial score (nSPS) is 18.9. The van der Waals surface area contributed by atoms with Crippen LogP contribution in [0.5, 0.6) is 0 Å². The van der Waals surface area contributed by atoms with Crippen molar-refractivity contribution < 1.29 is 4.79 Å². The van der Waals surface area contributed by atoms with E-state index in [1.54, 1.807) is 0 Å². The molecule has 2 aliphatic heterocycles. The van der Waals surface area contributed by atoms with Gasteiger partial charge in [-0.05, 0) is 37.6 Å². The number of likely N-dealkylation sites (tertiary alicyclic amines) is 1. The molecule has 6 heteroatoms. The van der Waals surface area contributed by atoms with E-state index in [-0.39, 0.29) is 0 Å². The van der Waals surface area contributed by atoms with Crippen molar-refractivity contribution in [2.24, 2.45) is 0 Å². The average Bonchev–Trinajstić information content (AvgIpc) is 3.33. The van der Waals surface area contributed by atoms with E-state index in [0.29, 0.717) is 5.91 Å². The van der Waals surface area contributed by atoms with Crippen LogP contribution >= 0.6 is 22.9 Å². The maximum absolute atomic E-state index is 11.7. The van der Waals surface area contributed by atoms with Crippen LogP contribution in [0.2, 0.25) is 5.02 Å². The van der Waals surface area contributed by atoms with Crippen molar-refractivity contribution in [3.05, 3.63) is 46.3 Å². The number of halogens is 1. The van der Waals surface area contributed by atoms with Crippen LogP contribution in [-0.4, -0.2) is 66.4 Å². The van der Waals surface area contributed by atoms with Crippen LogP contribution in [0.1, 0.15) is 24.1 Å². The van der Waals surface area contributed by atoms with E-state index in [4.69, 9.17) is 11.6 Å². The van der Waals surface area contributed by atoms with Crippen LogP contribution in [0, 0.1) is 0 Å². The molecule has 0 atom stereocenters. The van der Waals surface area contributed by atoms with Gasteiger partial charge in [0.05, 0.1) is 0 Å². The fourth-order valence-corrected chi connectivity index (χ4v) is 5.47. The Hall–Kier alpha value is -1.40. The Morgan fingerprint density at radius 2 is 1.71 bits per heavy atom. The summed E-state index contributed by atoms with van der Waals surface area (Å²) in [4.78, 5) is 21.4. The molecule has 150 valence electrons. The second-order valence-corrected chi connectivity index (χ2v) is 9.28. The van der Waals surface area contributed by atoms with E-state index < -0.39 is 0 Å². The maximum atomic E-state index is 11.7. The maximum Gasteiger partial charge on any atom is 0.222 e. The summed E-state index contributed by atoms with van der Waals surface area (Å²) in [5.41, 5.74) is 1.13. The standard InChI is InChI=1S/C22H28ClN3OS/c23-20-6-2-1-5-19(20)21-9-8-18(28-21)17-25-15-13-24(14-16-25)10-4-12-26-11-3-7-22(26)27/h1-2,5-6,8-9H,3-4,7,10-17H2. The summed E-state index contributed by atoms with van der Waals surface area (Å²) in [6.45, 7) is 8.48. The predicted molar refractivity (Wildman–Crippen MR) is 117 cm³/mol. The number of piperazine rings is 1. The van der Waals surface area contributed by atoms with Crippen LogP contribution in [0.15, 0.2) is 36.4 Å². The quantitative estimate of drug-likeness (QED) is 0.675. The van der Waals surface area contributed by atoms with Gasteiger partial charge in [-0.1, -0.05) is 29.8 Å². The summed E-state index contributed by atoms with van der Waals surface area (Å²) in [6, 6.07) is 12.5. The number of nitrogens with zero attached hydrogens (tertiary/aromatic N) is 3. The molecular weight excluding hydrogens is 390 g/mol. The third kappa shape index (κ3) is 4.95. The minimum atomic E-state index is 0.344. The van der Waals surface area contributed by atoms with Gasteiger partial charge in [-0.3, -0.25) is 9.69 Å². The Morgan fingerprint density at radius 3 is 2.46 bits per heavy atom. The second-order valence-electron chi connectivity index (χ2n) is 7.70. The SMILES string of the molecule is O=C1CCCN1CCCN1CCN(Cc2ccc(-c3ccccc3Cl)s2)CC1. The molecular formula is C22H28ClN3OS. The molecule has 2 aromatic rings. The lowest BCUT2D eigenvalue weighted by atomic mass is 10.2. The smallest absolute Gasteiger partial charge is 0.222 e. The van der Waals surface area contributed by atoms with Crippen molar-refractivity contribution in [1.82, 2.24) is 14.7 Å². The van der Waals surface area contributed by atoms with Gasteiger partial charge in [-0.25, -0.2) is 0 Å². The number of hydrogen-bond donors (Lipinski definition) is 0. The zero-order chi connectivity index (χ0) is 19.3. The van der Waals surface area contributed by atoms with Crippen molar-refractivity contribution in [2.75, 3.05) is 45.8 Å². The van der Waals surface area contributed by atoms with Crippen molar-refractivity contribution in [3.8, 4) is 10.4 Å². The van der Waals surface area contributed by atoms with E-state index >= 15 is 0 Å². The first-order chi connectivity index (χ1) is 13.7. The molecule has 2 aliphatic rings. The average molecular weight is 418 g/mol. The summed E-state index contributed by atoms with van der Waals surface area (Å²) in [7, 11) is 0. The summed E-state index contributed by atoms with van der Waals surface area (Å²) in [5.74, 6) is 0.344. The molecule has 28 heavy (non-hydrogen) atoms. The van der Waals surface area contributed by atoms with Gasteiger partial charge in [0.15, 0.2) is 0 Å². The number of benzene rings is 1. The number of hydrogen-bond acceptors (Lipinski definition) is 4. The Morgan fingerprint density at radius 1 is 0.929 bits per heavy atom. The van der Waals surface area contributed by atoms with Gasteiger partial charge in [0, 0.05) is 72.6 Å². The van der Waals surface area contributed by atoms with Crippen molar-refractivity contribution in [3.63, 3.8) is 0 Å². The first kappa shape index (κ1) is 19.9. The van der Waals surface area contributed by atoms with Crippen molar-refractivity contribution in [1.29, 1.82) is 0 Å². The minimum absolute atomic E-state index is 0.344. The molecule has 1 aromatic carbocycles. The van der Waals surface area contributed by atoms with Gasteiger partial charge in [0.1, 0.15) is 0 Å². The summed E-state index contributed by atoms with van der Waals surface area (Å²) >= 11 is 8.18. The molecule has 0 bridgehead atoms. The Bertz CT molecular complexity index is 801. The highest BCUT2D eigenvalue weighted by Crippen LogP contribution is 2.33. The molecule has 3 heterocycles. The number of carbonyl (C=O) groups excluding carboxylic acids is 1. The van der Waals surface area contributed by atoms with Crippen LogP contribution < -0.4 is 0 Å². The zero-order valence-corrected chi connectivity index (χ0v) is 17.9. The fourth-order valence-electron chi connectivity index (χ4n) is 4.09. The lowest BCUT2D eigenvalue weighted by Crippen LogP contribution is -2.46. The van der Waals surface area contributed by atoms with Crippen LogP contribution in [-0.2, 0) is 11.3 Å². The topological polar surface area (TPSA) is 26.8 Å². The molecule has 4 rings (SSSR count). The third-order valence-electron chi connectivity index (χ3n) is 5.72. The third-order valence-corrected chi connectivity index (χ3v) is 7.15. The Balaban J connectivity index is 1.21.